The summed E-state index contributed by atoms with van der Waals surface area (Å²) in [6, 6.07) is 3.97. The summed E-state index contributed by atoms with van der Waals surface area (Å²) >= 11 is 0. The molecule has 0 aromatic heterocycles. The summed E-state index contributed by atoms with van der Waals surface area (Å²) < 4.78 is 13.9. The summed E-state index contributed by atoms with van der Waals surface area (Å²) in [5.74, 6) is -2.51. The lowest BCUT2D eigenvalue weighted by atomic mass is 10.1. The van der Waals surface area contributed by atoms with Crippen LogP contribution in [0, 0.1) is 0 Å². The highest BCUT2D eigenvalue weighted by Gasteiger charge is 2.17. The number of hydrogen-bond donors (Lipinski definition) is 1. The molecule has 0 saturated carbocycles. The van der Waals surface area contributed by atoms with Crippen LogP contribution in [0.1, 0.15) is 34.1 Å². The third-order valence-corrected chi connectivity index (χ3v) is 2.77. The largest absolute Gasteiger partial charge is 0.465 e. The Hall–Kier alpha value is -2.90. The number of esters is 3. The number of nitrogens with one attached hydrogen (secondary N) is 1. The van der Waals surface area contributed by atoms with Gasteiger partial charge in [-0.15, -0.1) is 0 Å². The van der Waals surface area contributed by atoms with Crippen LogP contribution in [0.4, 0.5) is 5.69 Å². The molecule has 1 rings (SSSR count). The lowest BCUT2D eigenvalue weighted by molar-refractivity contribution is -0.146. The van der Waals surface area contributed by atoms with Gasteiger partial charge in [0.15, 0.2) is 6.61 Å². The summed E-state index contributed by atoms with van der Waals surface area (Å²) in [4.78, 5) is 46.1. The van der Waals surface area contributed by atoms with Crippen molar-refractivity contribution in [3.8, 4) is 0 Å². The summed E-state index contributed by atoms with van der Waals surface area (Å²) in [5.41, 5.74) is 0.244. The van der Waals surface area contributed by atoms with Crippen LogP contribution >= 0.6 is 0 Å². The number of benzene rings is 1. The van der Waals surface area contributed by atoms with E-state index in [4.69, 9.17) is 4.74 Å². The molecule has 1 amide bonds. The van der Waals surface area contributed by atoms with Gasteiger partial charge in [-0.1, -0.05) is 6.92 Å². The Bertz CT molecular complexity index is 624. The summed E-state index contributed by atoms with van der Waals surface area (Å²) in [7, 11) is 2.39. The molecule has 0 radical (unpaired) electrons. The minimum Gasteiger partial charge on any atom is -0.465 e. The third-order valence-electron chi connectivity index (χ3n) is 2.77. The van der Waals surface area contributed by atoms with E-state index in [1.165, 1.54) is 32.4 Å². The normalized spacial score (nSPS) is 9.70. The molecule has 23 heavy (non-hydrogen) atoms. The van der Waals surface area contributed by atoms with E-state index in [-0.39, 0.29) is 23.2 Å². The molecule has 0 saturated heterocycles. The Morgan fingerprint density at radius 2 is 1.70 bits per heavy atom. The van der Waals surface area contributed by atoms with Crippen LogP contribution in [0.5, 0.6) is 0 Å². The van der Waals surface area contributed by atoms with Crippen molar-refractivity contribution < 1.29 is 33.4 Å². The van der Waals surface area contributed by atoms with E-state index >= 15 is 0 Å². The van der Waals surface area contributed by atoms with E-state index in [0.717, 1.165) is 0 Å². The van der Waals surface area contributed by atoms with Gasteiger partial charge in [0.1, 0.15) is 0 Å². The molecule has 8 heteroatoms. The fraction of sp³-hybridized carbons (Fsp3) is 0.333. The van der Waals surface area contributed by atoms with Crippen molar-refractivity contribution in [2.24, 2.45) is 0 Å². The second-order valence-electron chi connectivity index (χ2n) is 4.31. The minimum absolute atomic E-state index is 0.0512. The van der Waals surface area contributed by atoms with Gasteiger partial charge in [-0.25, -0.2) is 9.59 Å². The van der Waals surface area contributed by atoms with Crippen molar-refractivity contribution in [2.45, 2.75) is 13.3 Å². The third kappa shape index (κ3) is 5.10. The number of carbonyl (C=O) groups is 4. The van der Waals surface area contributed by atoms with Crippen LogP contribution in [0.25, 0.3) is 0 Å². The van der Waals surface area contributed by atoms with E-state index in [9.17, 15) is 19.2 Å². The zero-order valence-electron chi connectivity index (χ0n) is 13.0. The van der Waals surface area contributed by atoms with Crippen molar-refractivity contribution in [1.82, 2.24) is 0 Å². The van der Waals surface area contributed by atoms with Gasteiger partial charge in [-0.3, -0.25) is 9.59 Å². The predicted molar refractivity (Wildman–Crippen MR) is 79.0 cm³/mol. The standard InChI is InChI=1S/C15H17NO7/c1-4-13(18)23-8-12(17)16-11-7-9(14(19)21-2)5-6-10(11)15(20)22-3/h5-7H,4,8H2,1-3H3,(H,16,17). The average Bonchev–Trinajstić information content (AvgIpc) is 2.58. The van der Waals surface area contributed by atoms with Gasteiger partial charge in [0.2, 0.25) is 0 Å². The maximum absolute atomic E-state index is 11.8. The first kappa shape index (κ1) is 18.1. The molecule has 0 spiro atoms. The number of amides is 1. The molecule has 1 N–H and O–H groups in total. The van der Waals surface area contributed by atoms with E-state index in [0.29, 0.717) is 0 Å². The average molecular weight is 323 g/mol. The Balaban J connectivity index is 3.00. The fourth-order valence-electron chi connectivity index (χ4n) is 1.61. The topological polar surface area (TPSA) is 108 Å². The fourth-order valence-corrected chi connectivity index (χ4v) is 1.61. The second kappa shape index (κ2) is 8.52. The molecule has 0 aliphatic carbocycles. The first-order valence-corrected chi connectivity index (χ1v) is 6.69. The maximum atomic E-state index is 11.8. The number of hydrogen-bond acceptors (Lipinski definition) is 7. The predicted octanol–water partition coefficient (Wildman–Crippen LogP) is 1.15. The first-order valence-electron chi connectivity index (χ1n) is 6.69. The number of rotatable bonds is 6. The number of carbonyl (C=O) groups excluding carboxylic acids is 4. The minimum atomic E-state index is -0.692. The van der Waals surface area contributed by atoms with E-state index < -0.39 is 30.4 Å². The molecule has 1 aromatic rings. The van der Waals surface area contributed by atoms with Gasteiger partial charge >= 0.3 is 17.9 Å². The van der Waals surface area contributed by atoms with Gasteiger partial charge in [-0.2, -0.15) is 0 Å². The van der Waals surface area contributed by atoms with Gasteiger partial charge < -0.3 is 19.5 Å². The van der Waals surface area contributed by atoms with Gasteiger partial charge in [-0.05, 0) is 18.2 Å². The second-order valence-corrected chi connectivity index (χ2v) is 4.31. The van der Waals surface area contributed by atoms with Crippen molar-refractivity contribution in [3.63, 3.8) is 0 Å². The van der Waals surface area contributed by atoms with Gasteiger partial charge in [0.05, 0.1) is 31.0 Å². The Morgan fingerprint density at radius 3 is 2.26 bits per heavy atom. The first-order chi connectivity index (χ1) is 10.9. The molecule has 0 aliphatic rings. The molecule has 0 atom stereocenters. The lowest BCUT2D eigenvalue weighted by Gasteiger charge is -2.11. The highest BCUT2D eigenvalue weighted by atomic mass is 16.5. The van der Waals surface area contributed by atoms with Crippen LogP contribution in [0.3, 0.4) is 0 Å². The number of methoxy groups -OCH3 is 2. The Morgan fingerprint density at radius 1 is 1.04 bits per heavy atom. The van der Waals surface area contributed by atoms with E-state index in [2.05, 4.69) is 14.8 Å². The molecule has 124 valence electrons. The molecule has 0 unspecified atom stereocenters. The summed E-state index contributed by atoms with van der Waals surface area (Å²) in [6.07, 6.45) is 0.137. The zero-order chi connectivity index (χ0) is 17.4. The molecule has 8 nitrogen and oxygen atoms in total. The maximum Gasteiger partial charge on any atom is 0.339 e. The highest BCUT2D eigenvalue weighted by Crippen LogP contribution is 2.19. The monoisotopic (exact) mass is 323 g/mol. The van der Waals surface area contributed by atoms with Crippen LogP contribution in [-0.2, 0) is 23.8 Å². The van der Waals surface area contributed by atoms with E-state index in [1.54, 1.807) is 6.92 Å². The lowest BCUT2D eigenvalue weighted by Crippen LogP contribution is -2.22. The molecule has 0 bridgehead atoms. The van der Waals surface area contributed by atoms with Crippen molar-refractivity contribution in [1.29, 1.82) is 0 Å². The molecule has 0 fully saturated rings. The molecule has 0 heterocycles. The van der Waals surface area contributed by atoms with Crippen LogP contribution in [0.15, 0.2) is 18.2 Å². The SMILES string of the molecule is CCC(=O)OCC(=O)Nc1cc(C(=O)OC)ccc1C(=O)OC. The van der Waals surface area contributed by atoms with Crippen LogP contribution in [-0.4, -0.2) is 44.6 Å². The smallest absolute Gasteiger partial charge is 0.339 e. The summed E-state index contributed by atoms with van der Waals surface area (Å²) in [5, 5.41) is 2.40. The van der Waals surface area contributed by atoms with Crippen molar-refractivity contribution in [3.05, 3.63) is 29.3 Å². The number of ether oxygens (including phenoxy) is 3. The highest BCUT2D eigenvalue weighted by molar-refractivity contribution is 6.03. The van der Waals surface area contributed by atoms with Gasteiger partial charge in [0.25, 0.3) is 5.91 Å². The van der Waals surface area contributed by atoms with E-state index in [1.807, 2.05) is 0 Å². The Labute approximate surface area is 132 Å². The molecular formula is C15H17NO7. The van der Waals surface area contributed by atoms with Crippen molar-refractivity contribution >= 4 is 29.5 Å². The van der Waals surface area contributed by atoms with Crippen molar-refractivity contribution in [2.75, 3.05) is 26.1 Å². The summed E-state index contributed by atoms with van der Waals surface area (Å²) in [6.45, 7) is 1.09. The Kier molecular flexibility index (Phi) is 6.72. The molecule has 0 aliphatic heterocycles. The number of anilines is 1. The van der Waals surface area contributed by atoms with Crippen LogP contribution < -0.4 is 5.32 Å². The molecular weight excluding hydrogens is 306 g/mol. The zero-order valence-corrected chi connectivity index (χ0v) is 13.0. The van der Waals surface area contributed by atoms with Crippen LogP contribution in [0.2, 0.25) is 0 Å². The molecule has 1 aromatic carbocycles. The van der Waals surface area contributed by atoms with Gasteiger partial charge in [0, 0.05) is 6.42 Å². The quantitative estimate of drug-likeness (QED) is 0.618.